The number of fused-ring (bicyclic) bond motifs is 1. The van der Waals surface area contributed by atoms with Crippen molar-refractivity contribution >= 4 is 46.0 Å². The molecule has 2 N–H and O–H groups in total. The number of ether oxygens (including phenoxy) is 1. The molecule has 1 aromatic heterocycles. The van der Waals surface area contributed by atoms with Crippen molar-refractivity contribution < 1.29 is 9.72 Å². The van der Waals surface area contributed by atoms with Crippen LogP contribution in [0, 0.1) is 5.92 Å². The Morgan fingerprint density at radius 2 is 2.33 bits per heavy atom. The third-order valence-corrected chi connectivity index (χ3v) is 5.10. The largest absolute Gasteiger partial charge is 0.497 e. The summed E-state index contributed by atoms with van der Waals surface area (Å²) in [5, 5.41) is 1.02. The van der Waals surface area contributed by atoms with Crippen LogP contribution >= 0.6 is 35.0 Å². The van der Waals surface area contributed by atoms with E-state index < -0.39 is 4.33 Å². The summed E-state index contributed by atoms with van der Waals surface area (Å²) >= 11 is 13.7. The first-order valence-corrected chi connectivity index (χ1v) is 7.42. The number of aromatic amines is 2. The van der Waals surface area contributed by atoms with Crippen molar-refractivity contribution in [3.63, 3.8) is 0 Å². The summed E-state index contributed by atoms with van der Waals surface area (Å²) in [6, 6.07) is 5.91. The molecule has 18 heavy (non-hydrogen) atoms. The fourth-order valence-corrected chi connectivity index (χ4v) is 3.69. The standard InChI is InChI=1S/C12H12Cl2N2OS/c1-17-8-2-3-9-10(4-8)16-11(15-9)18-6-7-5-12(7,13)14/h2-4,7H,5-6H2,1H3,(H,15,16)/p+1. The Kier molecular flexibility index (Phi) is 3.12. The minimum atomic E-state index is -0.498. The summed E-state index contributed by atoms with van der Waals surface area (Å²) in [7, 11) is 1.66. The van der Waals surface area contributed by atoms with E-state index >= 15 is 0 Å². The highest BCUT2D eigenvalue weighted by molar-refractivity contribution is 7.99. The number of rotatable bonds is 4. The van der Waals surface area contributed by atoms with Gasteiger partial charge in [-0.2, -0.15) is 0 Å². The minimum Gasteiger partial charge on any atom is -0.497 e. The number of aromatic nitrogens is 2. The van der Waals surface area contributed by atoms with Crippen LogP contribution in [0.1, 0.15) is 6.42 Å². The predicted octanol–water partition coefficient (Wildman–Crippen LogP) is 3.28. The van der Waals surface area contributed by atoms with E-state index in [4.69, 9.17) is 27.9 Å². The van der Waals surface area contributed by atoms with Crippen LogP contribution < -0.4 is 9.72 Å². The van der Waals surface area contributed by atoms with E-state index in [1.165, 1.54) is 0 Å². The van der Waals surface area contributed by atoms with Crippen molar-refractivity contribution in [1.29, 1.82) is 0 Å². The minimum absolute atomic E-state index is 0.389. The van der Waals surface area contributed by atoms with Gasteiger partial charge >= 0.3 is 5.16 Å². The molecule has 1 atom stereocenters. The van der Waals surface area contributed by atoms with Crippen LogP contribution in [0.4, 0.5) is 0 Å². The van der Waals surface area contributed by atoms with Gasteiger partial charge < -0.3 is 4.74 Å². The lowest BCUT2D eigenvalue weighted by Gasteiger charge is -1.94. The third kappa shape index (κ3) is 2.42. The van der Waals surface area contributed by atoms with Gasteiger partial charge in [-0.3, -0.25) is 0 Å². The highest BCUT2D eigenvalue weighted by Crippen LogP contribution is 2.54. The summed E-state index contributed by atoms with van der Waals surface area (Å²) < 4.78 is 4.69. The summed E-state index contributed by atoms with van der Waals surface area (Å²) in [5.74, 6) is 2.16. The molecule has 0 radical (unpaired) electrons. The molecule has 0 saturated heterocycles. The van der Waals surface area contributed by atoms with Gasteiger partial charge in [-0.05, 0) is 30.3 Å². The number of nitrogens with one attached hydrogen (secondary N) is 2. The molecular weight excluding hydrogens is 291 g/mol. The number of benzene rings is 1. The van der Waals surface area contributed by atoms with E-state index in [0.717, 1.165) is 34.1 Å². The van der Waals surface area contributed by atoms with Crippen molar-refractivity contribution in [2.24, 2.45) is 5.92 Å². The second-order valence-electron chi connectivity index (χ2n) is 4.46. The number of thioether (sulfide) groups is 1. The zero-order valence-corrected chi connectivity index (χ0v) is 12.1. The molecule has 3 rings (SSSR count). The fourth-order valence-electron chi connectivity index (χ4n) is 1.85. The topological polar surface area (TPSA) is 39.2 Å². The number of H-pyrrole nitrogens is 2. The molecular formula is C12H13Cl2N2OS+. The second kappa shape index (κ2) is 4.51. The first-order chi connectivity index (χ1) is 8.58. The van der Waals surface area contributed by atoms with Gasteiger partial charge in [0.25, 0.3) is 0 Å². The van der Waals surface area contributed by atoms with E-state index in [1.54, 1.807) is 18.9 Å². The zero-order valence-electron chi connectivity index (χ0n) is 9.80. The van der Waals surface area contributed by atoms with Gasteiger partial charge in [0.05, 0.1) is 7.11 Å². The lowest BCUT2D eigenvalue weighted by molar-refractivity contribution is -0.396. The van der Waals surface area contributed by atoms with Gasteiger partial charge in [0, 0.05) is 17.7 Å². The molecule has 1 unspecified atom stereocenters. The van der Waals surface area contributed by atoms with Crippen molar-refractivity contribution in [3.8, 4) is 5.75 Å². The summed E-state index contributed by atoms with van der Waals surface area (Å²) in [5.41, 5.74) is 2.10. The van der Waals surface area contributed by atoms with Crippen LogP contribution in [0.5, 0.6) is 5.75 Å². The van der Waals surface area contributed by atoms with Gasteiger partial charge in [-0.15, -0.1) is 23.2 Å². The normalized spacial score (nSPS) is 21.2. The average molecular weight is 304 g/mol. The molecule has 0 amide bonds. The van der Waals surface area contributed by atoms with Gasteiger partial charge in [0.15, 0.2) is 11.0 Å². The van der Waals surface area contributed by atoms with Crippen LogP contribution in [0.15, 0.2) is 23.4 Å². The Bertz CT molecular complexity index is 584. The number of alkyl halides is 2. The number of halogens is 2. The number of hydrogen-bond acceptors (Lipinski definition) is 2. The van der Waals surface area contributed by atoms with E-state index in [0.29, 0.717) is 5.92 Å². The van der Waals surface area contributed by atoms with Gasteiger partial charge in [-0.25, -0.2) is 9.97 Å². The molecule has 3 nitrogen and oxygen atoms in total. The molecule has 1 aliphatic carbocycles. The summed E-state index contributed by atoms with van der Waals surface area (Å²) in [6.07, 6.45) is 0.886. The number of methoxy groups -OCH3 is 1. The maximum Gasteiger partial charge on any atom is 0.314 e. The predicted molar refractivity (Wildman–Crippen MR) is 74.7 cm³/mol. The van der Waals surface area contributed by atoms with E-state index in [2.05, 4.69) is 9.97 Å². The lowest BCUT2D eigenvalue weighted by Crippen LogP contribution is -2.03. The van der Waals surface area contributed by atoms with Crippen molar-refractivity contribution in [1.82, 2.24) is 4.98 Å². The number of hydrogen-bond donors (Lipinski definition) is 1. The van der Waals surface area contributed by atoms with Crippen molar-refractivity contribution in [2.45, 2.75) is 15.9 Å². The Balaban J connectivity index is 1.73. The summed E-state index contributed by atoms with van der Waals surface area (Å²) in [4.78, 5) is 6.65. The van der Waals surface area contributed by atoms with E-state index in [-0.39, 0.29) is 0 Å². The van der Waals surface area contributed by atoms with Gasteiger partial charge in [0.1, 0.15) is 10.1 Å². The third-order valence-electron chi connectivity index (χ3n) is 3.11. The molecule has 1 heterocycles. The molecule has 2 aromatic rings. The zero-order chi connectivity index (χ0) is 12.8. The maximum atomic E-state index is 6.01. The van der Waals surface area contributed by atoms with E-state index in [9.17, 15) is 0 Å². The van der Waals surface area contributed by atoms with Crippen LogP contribution in [-0.4, -0.2) is 22.2 Å². The maximum absolute atomic E-state index is 6.01. The monoisotopic (exact) mass is 303 g/mol. The van der Waals surface area contributed by atoms with Crippen LogP contribution in [-0.2, 0) is 0 Å². The quantitative estimate of drug-likeness (QED) is 0.695. The fraction of sp³-hybridized carbons (Fsp3) is 0.417. The van der Waals surface area contributed by atoms with Gasteiger partial charge in [0.2, 0.25) is 0 Å². The molecule has 0 spiro atoms. The average Bonchev–Trinajstić information content (AvgIpc) is 2.79. The first kappa shape index (κ1) is 12.5. The van der Waals surface area contributed by atoms with Gasteiger partial charge in [-0.1, -0.05) is 0 Å². The van der Waals surface area contributed by atoms with Crippen molar-refractivity contribution in [2.75, 3.05) is 12.9 Å². The van der Waals surface area contributed by atoms with Crippen molar-refractivity contribution in [3.05, 3.63) is 18.2 Å². The molecule has 1 aromatic carbocycles. The highest BCUT2D eigenvalue weighted by Gasteiger charge is 2.51. The van der Waals surface area contributed by atoms with Crippen LogP contribution in [0.2, 0.25) is 0 Å². The van der Waals surface area contributed by atoms with Crippen LogP contribution in [0.3, 0.4) is 0 Å². The lowest BCUT2D eigenvalue weighted by atomic mass is 10.3. The smallest absolute Gasteiger partial charge is 0.314 e. The molecule has 96 valence electrons. The van der Waals surface area contributed by atoms with Crippen LogP contribution in [0.25, 0.3) is 11.0 Å². The molecule has 0 bridgehead atoms. The second-order valence-corrected chi connectivity index (χ2v) is 7.04. The first-order valence-electron chi connectivity index (χ1n) is 5.68. The SMILES string of the molecule is COc1ccc2[nH+]c(SCC3CC3(Cl)Cl)[nH]c2c1. The molecule has 1 fully saturated rings. The number of imidazole rings is 1. The molecule has 6 heteroatoms. The van der Waals surface area contributed by atoms with E-state index in [1.807, 2.05) is 18.2 Å². The Morgan fingerprint density at radius 1 is 1.56 bits per heavy atom. The Hall–Kier alpha value is -0.580. The molecule has 1 saturated carbocycles. The Labute approximate surface area is 119 Å². The summed E-state index contributed by atoms with van der Waals surface area (Å²) in [6.45, 7) is 0. The Morgan fingerprint density at radius 3 is 3.00 bits per heavy atom. The molecule has 0 aliphatic heterocycles. The highest BCUT2D eigenvalue weighted by atomic mass is 35.5. The molecule has 1 aliphatic rings.